The number of halogens is 2. The van der Waals surface area contributed by atoms with Gasteiger partial charge in [0.2, 0.25) is 0 Å². The molecule has 1 aliphatic heterocycles. The van der Waals surface area contributed by atoms with Gasteiger partial charge in [0.05, 0.1) is 24.9 Å². The third-order valence-corrected chi connectivity index (χ3v) is 10.1. The molecule has 40 heavy (non-hydrogen) atoms. The predicted molar refractivity (Wildman–Crippen MR) is 145 cm³/mol. The maximum absolute atomic E-state index is 14.7. The van der Waals surface area contributed by atoms with E-state index in [0.717, 1.165) is 25.0 Å². The van der Waals surface area contributed by atoms with Crippen LogP contribution in [0.25, 0.3) is 11.4 Å². The summed E-state index contributed by atoms with van der Waals surface area (Å²) in [5, 5.41) is 5.67. The Balaban J connectivity index is 1.38. The molecular weight excluding hydrogens is 540 g/mol. The lowest BCUT2D eigenvalue weighted by atomic mass is 10.1. The van der Waals surface area contributed by atoms with Gasteiger partial charge < -0.3 is 20.3 Å². The van der Waals surface area contributed by atoms with Crippen LogP contribution in [0.2, 0.25) is 0 Å². The number of morpholine rings is 1. The predicted octanol–water partition coefficient (Wildman–Crippen LogP) is 4.39. The van der Waals surface area contributed by atoms with Crippen molar-refractivity contribution in [2.75, 3.05) is 30.0 Å². The number of carbonyl (C=O) groups is 1. The van der Waals surface area contributed by atoms with Gasteiger partial charge in [-0.05, 0) is 69.0 Å². The first-order valence-electron chi connectivity index (χ1n) is 13.3. The molecule has 6 rings (SSSR count). The van der Waals surface area contributed by atoms with Crippen molar-refractivity contribution in [3.05, 3.63) is 65.9 Å². The van der Waals surface area contributed by atoms with Crippen LogP contribution in [0.3, 0.4) is 0 Å². The summed E-state index contributed by atoms with van der Waals surface area (Å²) in [7, 11) is -4.24. The van der Waals surface area contributed by atoms with Crippen LogP contribution in [-0.2, 0) is 19.3 Å². The Bertz CT molecular complexity index is 1560. The molecule has 2 aliphatic carbocycles. The molecule has 0 bridgehead atoms. The minimum absolute atomic E-state index is 0.0118. The average Bonchev–Trinajstić information content (AvgIpc) is 3.85. The van der Waals surface area contributed by atoms with Crippen LogP contribution in [0, 0.1) is 11.6 Å². The van der Waals surface area contributed by atoms with Crippen molar-refractivity contribution in [3.8, 4) is 11.4 Å². The first-order valence-corrected chi connectivity index (χ1v) is 14.8. The van der Waals surface area contributed by atoms with Gasteiger partial charge >= 0.3 is 6.03 Å². The van der Waals surface area contributed by atoms with Gasteiger partial charge in [-0.25, -0.2) is 32.0 Å². The zero-order valence-corrected chi connectivity index (χ0v) is 22.7. The van der Waals surface area contributed by atoms with Crippen LogP contribution in [0.1, 0.15) is 38.3 Å². The zero-order chi connectivity index (χ0) is 28.1. The van der Waals surface area contributed by atoms with E-state index in [1.807, 2.05) is 11.8 Å². The summed E-state index contributed by atoms with van der Waals surface area (Å²) in [6.07, 6.45) is 2.46. The van der Waals surface area contributed by atoms with Crippen molar-refractivity contribution >= 4 is 27.4 Å². The lowest BCUT2D eigenvalue weighted by Gasteiger charge is -2.34. The quantitative estimate of drug-likeness (QED) is 0.406. The van der Waals surface area contributed by atoms with E-state index in [4.69, 9.17) is 14.7 Å². The highest BCUT2D eigenvalue weighted by Crippen LogP contribution is 2.55. The topological polar surface area (TPSA) is 114 Å². The first-order chi connectivity index (χ1) is 19.2. The molecular formula is C28H29F2N5O4S. The molecule has 3 aromatic rings. The van der Waals surface area contributed by atoms with Crippen molar-refractivity contribution < 1.29 is 26.7 Å². The highest BCUT2D eigenvalue weighted by atomic mass is 32.2. The summed E-state index contributed by atoms with van der Waals surface area (Å²) in [5.41, 5.74) is 1.48. The Hall–Kier alpha value is -3.64. The zero-order valence-electron chi connectivity index (χ0n) is 21.9. The molecule has 2 heterocycles. The van der Waals surface area contributed by atoms with Crippen LogP contribution in [0.4, 0.5) is 25.1 Å². The third-order valence-electron chi connectivity index (χ3n) is 7.56. The second kappa shape index (κ2) is 10.1. The monoisotopic (exact) mass is 569 g/mol. The molecule has 210 valence electrons. The molecule has 12 heteroatoms. The maximum Gasteiger partial charge on any atom is 0.319 e. The Kier molecular flexibility index (Phi) is 6.70. The lowest BCUT2D eigenvalue weighted by molar-refractivity contribution is 0.0985. The number of sulfone groups is 1. The molecule has 1 atom stereocenters. The maximum atomic E-state index is 14.7. The molecule has 0 spiro atoms. The normalized spacial score (nSPS) is 20.2. The largest absolute Gasteiger partial charge is 0.377 e. The van der Waals surface area contributed by atoms with Gasteiger partial charge in [-0.2, -0.15) is 0 Å². The summed E-state index contributed by atoms with van der Waals surface area (Å²) < 4.78 is 59.9. The smallest absolute Gasteiger partial charge is 0.319 e. The molecule has 0 unspecified atom stereocenters. The van der Waals surface area contributed by atoms with E-state index in [-0.39, 0.29) is 36.7 Å². The standard InChI is InChI=1S/C28H29F2N5O4S/c1-17-16-39-13-12-35(17)25-15-24(28(10-11-28)40(37,38)23-9-4-19(29)14-22(23)30)33-26(34-25)18-2-5-20(6-3-18)31-27(36)32-21-7-8-21/h2-6,9,14-15,17,21H,7-8,10-13,16H2,1H3,(H2,31,32,36)/t17-/m0/s1. The van der Waals surface area contributed by atoms with Crippen molar-refractivity contribution in [1.82, 2.24) is 15.3 Å². The van der Waals surface area contributed by atoms with Gasteiger partial charge in [-0.15, -0.1) is 0 Å². The number of hydrogen-bond donors (Lipinski definition) is 2. The van der Waals surface area contributed by atoms with Gasteiger partial charge in [0.25, 0.3) is 0 Å². The highest BCUT2D eigenvalue weighted by Gasteiger charge is 2.58. The third kappa shape index (κ3) is 5.01. The average molecular weight is 570 g/mol. The van der Waals surface area contributed by atoms with Gasteiger partial charge in [0.1, 0.15) is 27.1 Å². The van der Waals surface area contributed by atoms with Crippen molar-refractivity contribution in [2.45, 2.75) is 54.3 Å². The number of anilines is 2. The Labute approximate surface area is 230 Å². The number of amides is 2. The van der Waals surface area contributed by atoms with E-state index in [1.54, 1.807) is 30.3 Å². The van der Waals surface area contributed by atoms with E-state index in [0.29, 0.717) is 48.7 Å². The van der Waals surface area contributed by atoms with Crippen LogP contribution in [-0.4, -0.2) is 56.3 Å². The number of aromatic nitrogens is 2. The van der Waals surface area contributed by atoms with Crippen LogP contribution in [0.15, 0.2) is 53.4 Å². The highest BCUT2D eigenvalue weighted by molar-refractivity contribution is 7.92. The fraction of sp³-hybridized carbons (Fsp3) is 0.393. The number of rotatable bonds is 7. The Morgan fingerprint density at radius 2 is 1.82 bits per heavy atom. The van der Waals surface area contributed by atoms with E-state index >= 15 is 0 Å². The number of nitrogens with zero attached hydrogens (tertiary/aromatic N) is 3. The van der Waals surface area contributed by atoms with Crippen LogP contribution < -0.4 is 15.5 Å². The molecule has 0 radical (unpaired) electrons. The minimum atomic E-state index is -4.24. The van der Waals surface area contributed by atoms with Gasteiger partial charge in [0.15, 0.2) is 15.7 Å². The van der Waals surface area contributed by atoms with Gasteiger partial charge in [-0.3, -0.25) is 0 Å². The number of benzene rings is 2. The fourth-order valence-electron chi connectivity index (χ4n) is 4.97. The summed E-state index contributed by atoms with van der Waals surface area (Å²) >= 11 is 0. The Morgan fingerprint density at radius 1 is 1.07 bits per heavy atom. The summed E-state index contributed by atoms with van der Waals surface area (Å²) in [4.78, 5) is 23.1. The molecule has 1 saturated heterocycles. The van der Waals surface area contributed by atoms with Crippen LogP contribution in [0.5, 0.6) is 0 Å². The minimum Gasteiger partial charge on any atom is -0.377 e. The molecule has 2 N–H and O–H groups in total. The van der Waals surface area contributed by atoms with E-state index in [9.17, 15) is 22.0 Å². The van der Waals surface area contributed by atoms with E-state index in [2.05, 4.69) is 10.6 Å². The number of urea groups is 1. The van der Waals surface area contributed by atoms with Gasteiger partial charge in [0, 0.05) is 36.0 Å². The summed E-state index contributed by atoms with van der Waals surface area (Å²) in [6.45, 7) is 3.53. The van der Waals surface area contributed by atoms with Crippen molar-refractivity contribution in [2.24, 2.45) is 0 Å². The molecule has 2 aromatic carbocycles. The Morgan fingerprint density at radius 3 is 2.48 bits per heavy atom. The van der Waals surface area contributed by atoms with Crippen molar-refractivity contribution in [1.29, 1.82) is 0 Å². The number of ether oxygens (including phenoxy) is 1. The lowest BCUT2D eigenvalue weighted by Crippen LogP contribution is -2.44. The molecule has 1 aromatic heterocycles. The second-order valence-electron chi connectivity index (χ2n) is 10.6. The SMILES string of the molecule is C[C@H]1COCCN1c1cc(C2(S(=O)(=O)c3ccc(F)cc3F)CC2)nc(-c2ccc(NC(=O)NC3CC3)cc2)n1. The first kappa shape index (κ1) is 26.6. The molecule has 2 amide bonds. The molecule has 3 fully saturated rings. The molecule has 2 saturated carbocycles. The van der Waals surface area contributed by atoms with Crippen LogP contribution >= 0.6 is 0 Å². The molecule has 9 nitrogen and oxygen atoms in total. The second-order valence-corrected chi connectivity index (χ2v) is 12.8. The summed E-state index contributed by atoms with van der Waals surface area (Å²) in [5.74, 6) is -1.13. The number of nitrogens with one attached hydrogen (secondary N) is 2. The summed E-state index contributed by atoms with van der Waals surface area (Å²) in [6, 6.07) is 11.1. The molecule has 3 aliphatic rings. The van der Waals surface area contributed by atoms with Crippen molar-refractivity contribution in [3.63, 3.8) is 0 Å². The van der Waals surface area contributed by atoms with E-state index < -0.39 is 31.1 Å². The fourth-order valence-corrected chi connectivity index (χ4v) is 6.98. The van der Waals surface area contributed by atoms with Gasteiger partial charge in [-0.1, -0.05) is 0 Å². The van der Waals surface area contributed by atoms with E-state index in [1.165, 1.54) is 0 Å². The number of hydrogen-bond acceptors (Lipinski definition) is 7. The number of carbonyl (C=O) groups excluding carboxylic acids is 1.